The van der Waals surface area contributed by atoms with E-state index in [1.54, 1.807) is 0 Å². The van der Waals surface area contributed by atoms with Gasteiger partial charge in [-0.15, -0.1) is 0 Å². The Morgan fingerprint density at radius 3 is 3.00 bits per heavy atom. The molecule has 0 aliphatic carbocycles. The maximum Gasteiger partial charge on any atom is 0.0624 e. The number of thiol groups is 1. The Kier molecular flexibility index (Phi) is 3.49. The van der Waals surface area contributed by atoms with E-state index in [4.69, 9.17) is 0 Å². The van der Waals surface area contributed by atoms with Gasteiger partial charge in [0.15, 0.2) is 0 Å². The van der Waals surface area contributed by atoms with Gasteiger partial charge in [0.2, 0.25) is 0 Å². The van der Waals surface area contributed by atoms with Crippen molar-refractivity contribution < 1.29 is 0 Å². The molecule has 3 heteroatoms. The summed E-state index contributed by atoms with van der Waals surface area (Å²) in [5.74, 6) is 0.943. The molecule has 0 amide bonds. The molecule has 1 aromatic heterocycles. The lowest BCUT2D eigenvalue weighted by atomic mass is 10.3. The molecule has 0 aliphatic heterocycles. The minimum atomic E-state index is 0.943. The van der Waals surface area contributed by atoms with Gasteiger partial charge < -0.3 is 0 Å². The van der Waals surface area contributed by atoms with Crippen molar-refractivity contribution in [3.63, 3.8) is 0 Å². The first kappa shape index (κ1) is 8.65. The Morgan fingerprint density at radius 2 is 2.45 bits per heavy atom. The highest BCUT2D eigenvalue weighted by atomic mass is 32.1. The van der Waals surface area contributed by atoms with Crippen molar-refractivity contribution in [2.45, 2.75) is 26.3 Å². The summed E-state index contributed by atoms with van der Waals surface area (Å²) in [5.41, 5.74) is 1.18. The predicted molar refractivity (Wildman–Crippen MR) is 50.1 cm³/mol. The lowest BCUT2D eigenvalue weighted by Gasteiger charge is -1.93. The Morgan fingerprint density at radius 1 is 1.64 bits per heavy atom. The van der Waals surface area contributed by atoms with E-state index in [1.807, 2.05) is 10.9 Å². The first-order valence-corrected chi connectivity index (χ1v) is 4.63. The monoisotopic (exact) mass is 170 g/mol. The second-order valence-corrected chi connectivity index (χ2v) is 2.94. The van der Waals surface area contributed by atoms with Gasteiger partial charge in [-0.25, -0.2) is 0 Å². The second kappa shape index (κ2) is 4.44. The molecule has 62 valence electrons. The standard InChI is InChI=1S/C8H14N2S/c1-2-10-6-5-8(9-10)4-3-7-11/h5-6,11H,2-4,7H2,1H3. The van der Waals surface area contributed by atoms with Gasteiger partial charge in [-0.1, -0.05) is 0 Å². The van der Waals surface area contributed by atoms with Crippen LogP contribution in [0.3, 0.4) is 0 Å². The molecule has 0 fully saturated rings. The molecular weight excluding hydrogens is 156 g/mol. The SMILES string of the molecule is CCn1ccc(CCCS)n1. The van der Waals surface area contributed by atoms with Crippen LogP contribution in [-0.4, -0.2) is 15.5 Å². The zero-order valence-electron chi connectivity index (χ0n) is 6.82. The molecule has 1 aromatic rings. The number of hydrogen-bond donors (Lipinski definition) is 1. The van der Waals surface area contributed by atoms with E-state index in [-0.39, 0.29) is 0 Å². The van der Waals surface area contributed by atoms with Crippen LogP contribution in [0.1, 0.15) is 19.0 Å². The van der Waals surface area contributed by atoms with E-state index in [0.29, 0.717) is 0 Å². The molecule has 11 heavy (non-hydrogen) atoms. The van der Waals surface area contributed by atoms with Crippen LogP contribution < -0.4 is 0 Å². The Balaban J connectivity index is 2.44. The summed E-state index contributed by atoms with van der Waals surface area (Å²) in [6.07, 6.45) is 4.19. The van der Waals surface area contributed by atoms with Crippen molar-refractivity contribution in [3.8, 4) is 0 Å². The summed E-state index contributed by atoms with van der Waals surface area (Å²) in [6, 6.07) is 2.08. The number of hydrogen-bond acceptors (Lipinski definition) is 2. The number of nitrogens with zero attached hydrogens (tertiary/aromatic N) is 2. The van der Waals surface area contributed by atoms with Crippen LogP contribution in [0, 0.1) is 0 Å². The summed E-state index contributed by atoms with van der Waals surface area (Å²) >= 11 is 4.15. The van der Waals surface area contributed by atoms with Gasteiger partial charge in [-0.3, -0.25) is 4.68 Å². The van der Waals surface area contributed by atoms with Crippen molar-refractivity contribution in [1.82, 2.24) is 9.78 Å². The van der Waals surface area contributed by atoms with E-state index in [1.165, 1.54) is 5.69 Å². The van der Waals surface area contributed by atoms with E-state index in [9.17, 15) is 0 Å². The fourth-order valence-corrected chi connectivity index (χ4v) is 1.13. The predicted octanol–water partition coefficient (Wildman–Crippen LogP) is 1.77. The maximum absolute atomic E-state index is 4.35. The highest BCUT2D eigenvalue weighted by Crippen LogP contribution is 2.00. The third-order valence-corrected chi connectivity index (χ3v) is 1.93. The molecular formula is C8H14N2S. The third kappa shape index (κ3) is 2.58. The average molecular weight is 170 g/mol. The molecule has 2 nitrogen and oxygen atoms in total. The lowest BCUT2D eigenvalue weighted by molar-refractivity contribution is 0.644. The summed E-state index contributed by atoms with van der Waals surface area (Å²) in [6.45, 7) is 3.05. The fourth-order valence-electron chi connectivity index (χ4n) is 0.973. The highest BCUT2D eigenvalue weighted by molar-refractivity contribution is 7.80. The van der Waals surface area contributed by atoms with Gasteiger partial charge in [0.1, 0.15) is 0 Å². The van der Waals surface area contributed by atoms with Crippen molar-refractivity contribution in [3.05, 3.63) is 18.0 Å². The zero-order chi connectivity index (χ0) is 8.10. The Hall–Kier alpha value is -0.440. The third-order valence-electron chi connectivity index (χ3n) is 1.61. The number of aromatic nitrogens is 2. The topological polar surface area (TPSA) is 17.8 Å². The zero-order valence-corrected chi connectivity index (χ0v) is 7.72. The number of aryl methyl sites for hydroxylation is 2. The molecule has 0 aromatic carbocycles. The largest absolute Gasteiger partial charge is 0.273 e. The maximum atomic E-state index is 4.35. The van der Waals surface area contributed by atoms with Crippen molar-refractivity contribution in [2.75, 3.05) is 5.75 Å². The molecule has 0 atom stereocenters. The lowest BCUT2D eigenvalue weighted by Crippen LogP contribution is -1.95. The number of rotatable bonds is 4. The van der Waals surface area contributed by atoms with Crippen LogP contribution in [0.2, 0.25) is 0 Å². The molecule has 0 bridgehead atoms. The Bertz CT molecular complexity index is 208. The van der Waals surface area contributed by atoms with Crippen LogP contribution in [0.25, 0.3) is 0 Å². The minimum Gasteiger partial charge on any atom is -0.273 e. The Labute approximate surface area is 73.0 Å². The second-order valence-electron chi connectivity index (χ2n) is 2.49. The van der Waals surface area contributed by atoms with Gasteiger partial charge in [-0.05, 0) is 31.6 Å². The molecule has 0 unspecified atom stereocenters. The van der Waals surface area contributed by atoms with E-state index < -0.39 is 0 Å². The summed E-state index contributed by atoms with van der Waals surface area (Å²) < 4.78 is 1.95. The van der Waals surface area contributed by atoms with Gasteiger partial charge in [0, 0.05) is 12.7 Å². The van der Waals surface area contributed by atoms with Crippen LogP contribution in [0.5, 0.6) is 0 Å². The molecule has 1 heterocycles. The van der Waals surface area contributed by atoms with Gasteiger partial charge in [0.25, 0.3) is 0 Å². The molecule has 0 aliphatic rings. The first-order chi connectivity index (χ1) is 5.36. The quantitative estimate of drug-likeness (QED) is 0.682. The molecule has 0 spiro atoms. The molecule has 0 radical (unpaired) electrons. The van der Waals surface area contributed by atoms with Crippen LogP contribution in [0.4, 0.5) is 0 Å². The molecule has 0 saturated heterocycles. The minimum absolute atomic E-state index is 0.943. The van der Waals surface area contributed by atoms with Crippen molar-refractivity contribution in [1.29, 1.82) is 0 Å². The summed E-state index contributed by atoms with van der Waals surface area (Å²) in [4.78, 5) is 0. The first-order valence-electron chi connectivity index (χ1n) is 4.00. The summed E-state index contributed by atoms with van der Waals surface area (Å²) in [7, 11) is 0. The van der Waals surface area contributed by atoms with E-state index in [2.05, 4.69) is 30.7 Å². The molecule has 1 rings (SSSR count). The van der Waals surface area contributed by atoms with Gasteiger partial charge in [0.05, 0.1) is 5.69 Å². The van der Waals surface area contributed by atoms with E-state index >= 15 is 0 Å². The molecule has 0 saturated carbocycles. The fraction of sp³-hybridized carbons (Fsp3) is 0.625. The van der Waals surface area contributed by atoms with Crippen LogP contribution in [-0.2, 0) is 13.0 Å². The highest BCUT2D eigenvalue weighted by Gasteiger charge is 1.95. The average Bonchev–Trinajstić information content (AvgIpc) is 2.48. The smallest absolute Gasteiger partial charge is 0.0624 e. The molecule has 0 N–H and O–H groups in total. The van der Waals surface area contributed by atoms with Gasteiger partial charge >= 0.3 is 0 Å². The van der Waals surface area contributed by atoms with Crippen LogP contribution >= 0.6 is 12.6 Å². The van der Waals surface area contributed by atoms with Crippen molar-refractivity contribution >= 4 is 12.6 Å². The summed E-state index contributed by atoms with van der Waals surface area (Å²) in [5, 5.41) is 4.35. The normalized spacial score (nSPS) is 10.4. The van der Waals surface area contributed by atoms with E-state index in [0.717, 1.165) is 25.1 Å². The van der Waals surface area contributed by atoms with Crippen molar-refractivity contribution in [2.24, 2.45) is 0 Å². The van der Waals surface area contributed by atoms with Crippen LogP contribution in [0.15, 0.2) is 12.3 Å². The van der Waals surface area contributed by atoms with Gasteiger partial charge in [-0.2, -0.15) is 17.7 Å².